The van der Waals surface area contributed by atoms with E-state index in [-0.39, 0.29) is 0 Å². The molecule has 5 heteroatoms. The van der Waals surface area contributed by atoms with E-state index in [4.69, 9.17) is 0 Å². The summed E-state index contributed by atoms with van der Waals surface area (Å²) in [6.45, 7) is 0. The Bertz CT molecular complexity index is 696. The third-order valence-electron chi connectivity index (χ3n) is 2.75. The molecule has 3 rings (SSSR count). The van der Waals surface area contributed by atoms with Crippen molar-refractivity contribution in [2.24, 2.45) is 4.99 Å². The lowest BCUT2D eigenvalue weighted by atomic mass is 10.0. The number of nitrogens with one attached hydrogen (secondary N) is 1. The quantitative estimate of drug-likeness (QED) is 0.831. The van der Waals surface area contributed by atoms with Crippen molar-refractivity contribution in [2.45, 2.75) is 0 Å². The number of hydrogen-bond donors (Lipinski definition) is 1. The number of pyridine rings is 1. The van der Waals surface area contributed by atoms with Crippen LogP contribution in [0.2, 0.25) is 0 Å². The van der Waals surface area contributed by atoms with Gasteiger partial charge in [0.05, 0.1) is 10.3 Å². The van der Waals surface area contributed by atoms with Crippen LogP contribution in [-0.4, -0.2) is 14.6 Å². The maximum absolute atomic E-state index is 4.50. The Balaban J connectivity index is 2.21. The Morgan fingerprint density at radius 3 is 2.37 bits per heavy atom. The van der Waals surface area contributed by atoms with Gasteiger partial charge in [0.15, 0.2) is 0 Å². The molecular weight excluding hydrogens is 370 g/mol. The molecule has 0 saturated carbocycles. The molecule has 0 amide bonds. The van der Waals surface area contributed by atoms with Crippen molar-refractivity contribution in [3.8, 4) is 0 Å². The molecule has 3 nitrogen and oxygen atoms in total. The molecule has 1 aliphatic heterocycles. The SMILES string of the molecule is BrC1=N/C(=C(/c2ccncc2)c2ccc(Br)[nH]2)C=C1. The van der Waals surface area contributed by atoms with E-state index in [1.807, 2.05) is 36.4 Å². The maximum atomic E-state index is 4.50. The van der Waals surface area contributed by atoms with Gasteiger partial charge in [-0.15, -0.1) is 0 Å². The number of halogens is 2. The van der Waals surface area contributed by atoms with Gasteiger partial charge in [-0.2, -0.15) is 0 Å². The largest absolute Gasteiger partial charge is 0.349 e. The summed E-state index contributed by atoms with van der Waals surface area (Å²) in [7, 11) is 0. The first-order chi connectivity index (χ1) is 9.24. The number of allylic oxidation sites excluding steroid dienone is 2. The van der Waals surface area contributed by atoms with Crippen molar-refractivity contribution in [2.75, 3.05) is 0 Å². The van der Waals surface area contributed by atoms with Gasteiger partial charge in [0.25, 0.3) is 0 Å². The summed E-state index contributed by atoms with van der Waals surface area (Å²) in [6, 6.07) is 7.97. The van der Waals surface area contributed by atoms with Crippen LogP contribution in [0.4, 0.5) is 0 Å². The molecule has 19 heavy (non-hydrogen) atoms. The number of aromatic amines is 1. The summed E-state index contributed by atoms with van der Waals surface area (Å²) in [5.41, 5.74) is 4.07. The van der Waals surface area contributed by atoms with E-state index in [1.54, 1.807) is 12.4 Å². The van der Waals surface area contributed by atoms with Crippen LogP contribution in [0, 0.1) is 0 Å². The molecule has 0 spiro atoms. The molecule has 0 unspecified atom stereocenters. The van der Waals surface area contributed by atoms with Crippen LogP contribution in [0.1, 0.15) is 11.3 Å². The minimum absolute atomic E-state index is 0.833. The molecule has 3 heterocycles. The monoisotopic (exact) mass is 377 g/mol. The minimum Gasteiger partial charge on any atom is -0.349 e. The lowest BCUT2D eigenvalue weighted by molar-refractivity contribution is 1.27. The molecule has 0 saturated heterocycles. The van der Waals surface area contributed by atoms with E-state index in [2.05, 4.69) is 46.8 Å². The van der Waals surface area contributed by atoms with Crippen LogP contribution in [0.5, 0.6) is 0 Å². The third kappa shape index (κ3) is 2.62. The molecule has 1 N–H and O–H groups in total. The average Bonchev–Trinajstić information content (AvgIpc) is 3.01. The van der Waals surface area contributed by atoms with Gasteiger partial charge in [0, 0.05) is 23.7 Å². The summed E-state index contributed by atoms with van der Waals surface area (Å²) < 4.78 is 1.78. The zero-order valence-electron chi connectivity index (χ0n) is 9.77. The first-order valence-corrected chi connectivity index (χ1v) is 7.24. The summed E-state index contributed by atoms with van der Waals surface area (Å²) in [4.78, 5) is 11.8. The highest BCUT2D eigenvalue weighted by molar-refractivity contribution is 9.18. The minimum atomic E-state index is 0.833. The Morgan fingerprint density at radius 2 is 1.79 bits per heavy atom. The van der Waals surface area contributed by atoms with Crippen LogP contribution >= 0.6 is 31.9 Å². The van der Waals surface area contributed by atoms with Crippen LogP contribution in [0.25, 0.3) is 5.57 Å². The molecule has 0 aromatic carbocycles. The van der Waals surface area contributed by atoms with Gasteiger partial charge in [-0.25, -0.2) is 4.99 Å². The molecule has 94 valence electrons. The van der Waals surface area contributed by atoms with Gasteiger partial charge in [-0.3, -0.25) is 4.98 Å². The summed E-state index contributed by atoms with van der Waals surface area (Å²) in [6.07, 6.45) is 7.50. The second kappa shape index (κ2) is 5.27. The fraction of sp³-hybridized carbons (Fsp3) is 0. The number of aromatic nitrogens is 2. The van der Waals surface area contributed by atoms with E-state index in [0.29, 0.717) is 0 Å². The lowest BCUT2D eigenvalue weighted by Crippen LogP contribution is -1.92. The van der Waals surface area contributed by atoms with Gasteiger partial charge in [-0.1, -0.05) is 0 Å². The van der Waals surface area contributed by atoms with E-state index >= 15 is 0 Å². The number of rotatable bonds is 2. The van der Waals surface area contributed by atoms with Crippen LogP contribution in [0.3, 0.4) is 0 Å². The van der Waals surface area contributed by atoms with Crippen molar-refractivity contribution in [3.63, 3.8) is 0 Å². The molecule has 2 aromatic rings. The molecular formula is C14H9Br2N3. The van der Waals surface area contributed by atoms with Gasteiger partial charge in [0.1, 0.15) is 4.62 Å². The predicted molar refractivity (Wildman–Crippen MR) is 84.3 cm³/mol. The van der Waals surface area contributed by atoms with Crippen molar-refractivity contribution >= 4 is 42.1 Å². The Morgan fingerprint density at radius 1 is 1.00 bits per heavy atom. The second-order valence-corrected chi connectivity index (χ2v) is 5.65. The number of nitrogens with zero attached hydrogens (tertiary/aromatic N) is 2. The first kappa shape index (κ1) is 12.6. The summed E-state index contributed by atoms with van der Waals surface area (Å²) in [5, 5.41) is 0. The third-order valence-corrected chi connectivity index (χ3v) is 3.66. The molecule has 0 radical (unpaired) electrons. The summed E-state index contributed by atoms with van der Waals surface area (Å²) >= 11 is 6.83. The van der Waals surface area contributed by atoms with Gasteiger partial charge in [-0.05, 0) is 73.8 Å². The normalized spacial score (nSPS) is 16.6. The molecule has 2 aromatic heterocycles. The fourth-order valence-electron chi connectivity index (χ4n) is 1.95. The zero-order valence-corrected chi connectivity index (χ0v) is 12.9. The van der Waals surface area contributed by atoms with Crippen LogP contribution < -0.4 is 0 Å². The van der Waals surface area contributed by atoms with Crippen molar-refractivity contribution < 1.29 is 0 Å². The Labute approximate surface area is 127 Å². The van der Waals surface area contributed by atoms with E-state index in [1.165, 1.54) is 0 Å². The van der Waals surface area contributed by atoms with Crippen molar-refractivity contribution in [1.82, 2.24) is 9.97 Å². The molecule has 0 fully saturated rings. The van der Waals surface area contributed by atoms with Gasteiger partial charge >= 0.3 is 0 Å². The van der Waals surface area contributed by atoms with Crippen LogP contribution in [-0.2, 0) is 0 Å². The first-order valence-electron chi connectivity index (χ1n) is 5.66. The highest BCUT2D eigenvalue weighted by Gasteiger charge is 2.14. The number of H-pyrrole nitrogens is 1. The lowest BCUT2D eigenvalue weighted by Gasteiger charge is -2.07. The molecule has 0 atom stereocenters. The molecule has 0 aliphatic carbocycles. The van der Waals surface area contributed by atoms with Crippen molar-refractivity contribution in [1.29, 1.82) is 0 Å². The van der Waals surface area contributed by atoms with E-state index in [0.717, 1.165) is 31.8 Å². The highest BCUT2D eigenvalue weighted by atomic mass is 79.9. The topological polar surface area (TPSA) is 41.0 Å². The van der Waals surface area contributed by atoms with Gasteiger partial charge in [0.2, 0.25) is 0 Å². The standard InChI is InChI=1S/C14H9Br2N3/c15-12-3-1-10(18-12)14(9-5-7-17-8-6-9)11-2-4-13(16)19-11/h1-8,18H/b14-11-. The van der Waals surface area contributed by atoms with Crippen LogP contribution in [0.15, 0.2) is 64.1 Å². The Hall–Kier alpha value is -1.46. The predicted octanol–water partition coefficient (Wildman–Crippen LogP) is 4.29. The number of hydrogen-bond acceptors (Lipinski definition) is 2. The smallest absolute Gasteiger partial charge is 0.106 e. The maximum Gasteiger partial charge on any atom is 0.106 e. The van der Waals surface area contributed by atoms with E-state index in [9.17, 15) is 0 Å². The molecule has 0 bridgehead atoms. The highest BCUT2D eigenvalue weighted by Crippen LogP contribution is 2.30. The fourth-order valence-corrected chi connectivity index (χ4v) is 2.62. The summed E-state index contributed by atoms with van der Waals surface area (Å²) in [5.74, 6) is 0. The van der Waals surface area contributed by atoms with Gasteiger partial charge < -0.3 is 4.98 Å². The van der Waals surface area contributed by atoms with E-state index < -0.39 is 0 Å². The Kier molecular flexibility index (Phi) is 3.48. The number of aliphatic imine (C=N–C) groups is 1. The molecule has 1 aliphatic rings. The second-order valence-electron chi connectivity index (χ2n) is 3.98. The van der Waals surface area contributed by atoms with Crippen molar-refractivity contribution in [3.05, 3.63) is 70.4 Å². The zero-order chi connectivity index (χ0) is 13.2. The average molecular weight is 379 g/mol.